The summed E-state index contributed by atoms with van der Waals surface area (Å²) in [7, 11) is 0. The quantitative estimate of drug-likeness (QED) is 0.413. The van der Waals surface area contributed by atoms with E-state index in [1.165, 1.54) is 23.9 Å². The Balaban J connectivity index is 1.50. The highest BCUT2D eigenvalue weighted by Gasteiger charge is 2.33. The van der Waals surface area contributed by atoms with E-state index in [1.54, 1.807) is 18.2 Å². The van der Waals surface area contributed by atoms with E-state index in [-0.39, 0.29) is 24.0 Å². The third kappa shape index (κ3) is 4.70. The van der Waals surface area contributed by atoms with Crippen LogP contribution in [0.1, 0.15) is 35.8 Å². The summed E-state index contributed by atoms with van der Waals surface area (Å²) in [6.45, 7) is 0.187. The third-order valence-corrected chi connectivity index (χ3v) is 5.82. The Morgan fingerprint density at radius 2 is 1.79 bits per heavy atom. The van der Waals surface area contributed by atoms with Crippen LogP contribution in [0, 0.1) is 0 Å². The molecule has 0 bridgehead atoms. The van der Waals surface area contributed by atoms with Crippen LogP contribution in [0.3, 0.4) is 0 Å². The van der Waals surface area contributed by atoms with E-state index in [0.717, 1.165) is 18.9 Å². The van der Waals surface area contributed by atoms with Crippen molar-refractivity contribution < 1.29 is 17.9 Å². The van der Waals surface area contributed by atoms with Crippen LogP contribution >= 0.6 is 23.4 Å². The Hall–Kier alpha value is -2.19. The van der Waals surface area contributed by atoms with Crippen molar-refractivity contribution in [2.24, 2.45) is 0 Å². The molecule has 2 aromatic carbocycles. The van der Waals surface area contributed by atoms with E-state index < -0.39 is 11.7 Å². The van der Waals surface area contributed by atoms with Crippen molar-refractivity contribution in [3.05, 3.63) is 70.5 Å². The van der Waals surface area contributed by atoms with Crippen LogP contribution in [-0.4, -0.2) is 14.8 Å². The molecule has 0 radical (unpaired) electrons. The topological polar surface area (TPSA) is 39.9 Å². The molecule has 0 spiro atoms. The van der Waals surface area contributed by atoms with E-state index in [4.69, 9.17) is 16.3 Å². The molecule has 1 aromatic heterocycles. The summed E-state index contributed by atoms with van der Waals surface area (Å²) in [6, 6.07) is 13.0. The van der Waals surface area contributed by atoms with Crippen molar-refractivity contribution in [2.45, 2.75) is 42.6 Å². The van der Waals surface area contributed by atoms with E-state index in [0.29, 0.717) is 21.8 Å². The van der Waals surface area contributed by atoms with Gasteiger partial charge in [-0.3, -0.25) is 4.57 Å². The molecule has 4 nitrogen and oxygen atoms in total. The Bertz CT molecular complexity index is 1000. The van der Waals surface area contributed by atoms with Gasteiger partial charge in [0.05, 0.1) is 10.6 Å². The van der Waals surface area contributed by atoms with Crippen molar-refractivity contribution >= 4 is 23.4 Å². The molecule has 0 aliphatic heterocycles. The summed E-state index contributed by atoms with van der Waals surface area (Å²) in [5, 5.41) is 9.51. The minimum Gasteiger partial charge on any atom is -0.484 e. The molecule has 0 saturated heterocycles. The van der Waals surface area contributed by atoms with Crippen molar-refractivity contribution in [3.8, 4) is 5.75 Å². The van der Waals surface area contributed by atoms with Gasteiger partial charge < -0.3 is 4.74 Å². The maximum atomic E-state index is 13.2. The molecule has 9 heteroatoms. The number of aromatic nitrogens is 3. The number of para-hydroxylation sites is 1. The maximum absolute atomic E-state index is 13.2. The first kappa shape index (κ1) is 20.1. The monoisotopic (exact) mass is 439 g/mol. The zero-order valence-electron chi connectivity index (χ0n) is 15.2. The molecule has 0 amide bonds. The van der Waals surface area contributed by atoms with E-state index in [2.05, 4.69) is 10.2 Å². The molecule has 29 heavy (non-hydrogen) atoms. The molecule has 4 rings (SSSR count). The number of benzene rings is 2. The van der Waals surface area contributed by atoms with Crippen LogP contribution in [-0.2, 0) is 18.5 Å². The van der Waals surface area contributed by atoms with Crippen LogP contribution in [0.5, 0.6) is 5.75 Å². The zero-order chi connectivity index (χ0) is 20.4. The predicted molar refractivity (Wildman–Crippen MR) is 105 cm³/mol. The average molecular weight is 440 g/mol. The lowest BCUT2D eigenvalue weighted by atomic mass is 10.1. The molecule has 1 saturated carbocycles. The largest absolute Gasteiger partial charge is 0.484 e. The Morgan fingerprint density at radius 1 is 1.07 bits per heavy atom. The van der Waals surface area contributed by atoms with Gasteiger partial charge in [0.15, 0.2) is 11.0 Å². The summed E-state index contributed by atoms with van der Waals surface area (Å²) in [5.41, 5.74) is -0.392. The van der Waals surface area contributed by atoms with Crippen molar-refractivity contribution in [3.63, 3.8) is 0 Å². The Morgan fingerprint density at radius 3 is 2.52 bits per heavy atom. The third-order valence-electron chi connectivity index (χ3n) is 4.52. The van der Waals surface area contributed by atoms with Crippen LogP contribution in [0.25, 0.3) is 0 Å². The summed E-state index contributed by atoms with van der Waals surface area (Å²) in [4.78, 5) is 0. The Kier molecular flexibility index (Phi) is 5.74. The fourth-order valence-corrected chi connectivity index (χ4v) is 4.19. The van der Waals surface area contributed by atoms with Crippen molar-refractivity contribution in [2.75, 3.05) is 0 Å². The summed E-state index contributed by atoms with van der Waals surface area (Å²) in [5.74, 6) is 1.35. The predicted octanol–water partition coefficient (Wildman–Crippen LogP) is 6.16. The lowest BCUT2D eigenvalue weighted by Crippen LogP contribution is -2.09. The van der Waals surface area contributed by atoms with Crippen LogP contribution in [0.4, 0.5) is 13.2 Å². The number of alkyl halides is 3. The van der Waals surface area contributed by atoms with Gasteiger partial charge in [-0.05, 0) is 36.6 Å². The first-order chi connectivity index (χ1) is 13.9. The molecule has 152 valence electrons. The second-order valence-electron chi connectivity index (χ2n) is 6.66. The van der Waals surface area contributed by atoms with Crippen LogP contribution in [0.2, 0.25) is 5.02 Å². The van der Waals surface area contributed by atoms with Gasteiger partial charge in [0.2, 0.25) is 0 Å². The van der Waals surface area contributed by atoms with Crippen LogP contribution in [0.15, 0.2) is 53.7 Å². The van der Waals surface area contributed by atoms with Gasteiger partial charge >= 0.3 is 6.18 Å². The standard InChI is InChI=1S/C20H17ClF3N3OS/c21-16-7-3-4-8-17(16)28-11-18-25-26-19(27(18)14-9-10-14)29-12-13-5-1-2-6-15(13)20(22,23)24/h1-8,14H,9-12H2. The number of hydrogen-bond acceptors (Lipinski definition) is 4. The number of rotatable bonds is 7. The lowest BCUT2D eigenvalue weighted by Gasteiger charge is -2.13. The zero-order valence-corrected chi connectivity index (χ0v) is 16.8. The minimum atomic E-state index is -4.38. The SMILES string of the molecule is FC(F)(F)c1ccccc1CSc1nnc(COc2ccccc2Cl)n1C1CC1. The molecular formula is C20H17ClF3N3OS. The van der Waals surface area contributed by atoms with Gasteiger partial charge in [0.1, 0.15) is 12.4 Å². The maximum Gasteiger partial charge on any atom is 0.416 e. The smallest absolute Gasteiger partial charge is 0.416 e. The fraction of sp³-hybridized carbons (Fsp3) is 0.300. The molecule has 1 heterocycles. The van der Waals surface area contributed by atoms with Gasteiger partial charge in [-0.25, -0.2) is 0 Å². The number of ether oxygens (including phenoxy) is 1. The van der Waals surface area contributed by atoms with Gasteiger partial charge in [-0.15, -0.1) is 10.2 Å². The molecule has 3 aromatic rings. The minimum absolute atomic E-state index is 0.159. The molecule has 1 aliphatic carbocycles. The van der Waals surface area contributed by atoms with Gasteiger partial charge in [-0.1, -0.05) is 53.7 Å². The molecule has 1 aliphatic rings. The number of thioether (sulfide) groups is 1. The van der Waals surface area contributed by atoms with Gasteiger partial charge in [0.25, 0.3) is 0 Å². The van der Waals surface area contributed by atoms with E-state index >= 15 is 0 Å². The average Bonchev–Trinajstić information content (AvgIpc) is 3.45. The first-order valence-electron chi connectivity index (χ1n) is 9.02. The number of halogens is 4. The number of nitrogens with zero attached hydrogens (tertiary/aromatic N) is 3. The molecule has 1 fully saturated rings. The van der Waals surface area contributed by atoms with Crippen molar-refractivity contribution in [1.82, 2.24) is 14.8 Å². The highest BCUT2D eigenvalue weighted by molar-refractivity contribution is 7.98. The Labute approximate surface area is 175 Å². The van der Waals surface area contributed by atoms with E-state index in [9.17, 15) is 13.2 Å². The highest BCUT2D eigenvalue weighted by atomic mass is 35.5. The van der Waals surface area contributed by atoms with Crippen molar-refractivity contribution in [1.29, 1.82) is 0 Å². The molecular weight excluding hydrogens is 423 g/mol. The summed E-state index contributed by atoms with van der Waals surface area (Å²) < 4.78 is 47.4. The molecule has 0 atom stereocenters. The first-order valence-corrected chi connectivity index (χ1v) is 10.4. The molecule has 0 N–H and O–H groups in total. The van der Waals surface area contributed by atoms with E-state index in [1.807, 2.05) is 16.7 Å². The summed E-state index contributed by atoms with van der Waals surface area (Å²) in [6.07, 6.45) is -2.40. The molecule has 0 unspecified atom stereocenters. The second-order valence-corrected chi connectivity index (χ2v) is 8.01. The van der Waals surface area contributed by atoms with Gasteiger partial charge in [0, 0.05) is 11.8 Å². The van der Waals surface area contributed by atoms with Gasteiger partial charge in [-0.2, -0.15) is 13.2 Å². The summed E-state index contributed by atoms with van der Waals surface area (Å²) >= 11 is 7.37. The normalized spacial score (nSPS) is 14.2. The number of hydrogen-bond donors (Lipinski definition) is 0. The second kappa shape index (κ2) is 8.28. The van der Waals surface area contributed by atoms with Crippen LogP contribution < -0.4 is 4.74 Å². The highest BCUT2D eigenvalue weighted by Crippen LogP contribution is 2.40. The fourth-order valence-electron chi connectivity index (χ4n) is 2.97. The lowest BCUT2D eigenvalue weighted by molar-refractivity contribution is -0.138.